The first-order valence-corrected chi connectivity index (χ1v) is 9.54. The Balaban J connectivity index is 1.59. The first-order chi connectivity index (χ1) is 12.0. The van der Waals surface area contributed by atoms with E-state index in [0.717, 1.165) is 45.8 Å². The lowest BCUT2D eigenvalue weighted by Crippen LogP contribution is -2.52. The highest BCUT2D eigenvalue weighted by molar-refractivity contribution is 5.20. The van der Waals surface area contributed by atoms with Crippen molar-refractivity contribution in [3.8, 4) is 0 Å². The normalized spacial score (nSPS) is 31.1. The molecule has 4 atom stereocenters. The van der Waals surface area contributed by atoms with E-state index in [0.29, 0.717) is 6.04 Å². The van der Waals surface area contributed by atoms with E-state index in [1.54, 1.807) is 0 Å². The number of benzene rings is 1. The molecule has 0 amide bonds. The maximum Gasteiger partial charge on any atom is 0.0794 e. The molecule has 0 spiro atoms. The van der Waals surface area contributed by atoms with Gasteiger partial charge in [0.2, 0.25) is 0 Å². The van der Waals surface area contributed by atoms with Crippen LogP contribution in [0.2, 0.25) is 0 Å². The molecule has 0 bridgehead atoms. The highest BCUT2D eigenvalue weighted by Gasteiger charge is 2.29. The van der Waals surface area contributed by atoms with Crippen LogP contribution in [0.4, 0.5) is 0 Å². The van der Waals surface area contributed by atoms with Crippen molar-refractivity contribution in [1.82, 2.24) is 14.7 Å². The van der Waals surface area contributed by atoms with Crippen LogP contribution in [0.5, 0.6) is 0 Å². The Hall–Kier alpha value is -0.980. The predicted molar refractivity (Wildman–Crippen MR) is 101 cm³/mol. The fraction of sp³-hybridized carbons (Fsp3) is 0.700. The number of ether oxygens (including phenoxy) is 1. The number of morpholine rings is 1. The van der Waals surface area contributed by atoms with Gasteiger partial charge in [0.25, 0.3) is 0 Å². The van der Waals surface area contributed by atoms with Crippen LogP contribution in [0, 0.1) is 0 Å². The monoisotopic (exact) mass is 347 g/mol. The SMILES string of the molecule is CC1CN(CC(O)CN2CCN(C)CC2c2ccccc2)CC(C)O1. The van der Waals surface area contributed by atoms with E-state index in [2.05, 4.69) is 65.9 Å². The van der Waals surface area contributed by atoms with Crippen LogP contribution < -0.4 is 0 Å². The molecule has 4 unspecified atom stereocenters. The number of nitrogens with zero attached hydrogens (tertiary/aromatic N) is 3. The largest absolute Gasteiger partial charge is 0.390 e. The fourth-order valence-corrected chi connectivity index (χ4v) is 4.23. The molecule has 3 rings (SSSR count). The molecular weight excluding hydrogens is 314 g/mol. The number of hydrogen-bond acceptors (Lipinski definition) is 5. The van der Waals surface area contributed by atoms with E-state index in [1.807, 2.05) is 0 Å². The van der Waals surface area contributed by atoms with Gasteiger partial charge in [-0.1, -0.05) is 30.3 Å². The van der Waals surface area contributed by atoms with E-state index in [1.165, 1.54) is 5.56 Å². The van der Waals surface area contributed by atoms with Gasteiger partial charge in [-0.3, -0.25) is 9.80 Å². The quantitative estimate of drug-likeness (QED) is 0.873. The van der Waals surface area contributed by atoms with Gasteiger partial charge in [0.1, 0.15) is 0 Å². The minimum atomic E-state index is -0.327. The molecule has 2 aliphatic heterocycles. The van der Waals surface area contributed by atoms with Crippen molar-refractivity contribution in [3.63, 3.8) is 0 Å². The van der Waals surface area contributed by atoms with E-state index < -0.39 is 0 Å². The van der Waals surface area contributed by atoms with E-state index in [9.17, 15) is 5.11 Å². The van der Waals surface area contributed by atoms with E-state index in [4.69, 9.17) is 4.74 Å². The second-order valence-corrected chi connectivity index (χ2v) is 7.81. The van der Waals surface area contributed by atoms with Crippen molar-refractivity contribution in [3.05, 3.63) is 35.9 Å². The van der Waals surface area contributed by atoms with Crippen LogP contribution in [0.15, 0.2) is 30.3 Å². The van der Waals surface area contributed by atoms with Gasteiger partial charge in [-0.25, -0.2) is 0 Å². The summed E-state index contributed by atoms with van der Waals surface area (Å²) in [5, 5.41) is 10.7. The van der Waals surface area contributed by atoms with Crippen LogP contribution in [0.25, 0.3) is 0 Å². The Morgan fingerprint density at radius 2 is 1.72 bits per heavy atom. The third-order valence-corrected chi connectivity index (χ3v) is 5.29. The summed E-state index contributed by atoms with van der Waals surface area (Å²) in [6.07, 6.45) is 0.167. The lowest BCUT2D eigenvalue weighted by Gasteiger charge is -2.42. The van der Waals surface area contributed by atoms with Gasteiger partial charge in [-0.05, 0) is 26.5 Å². The Bertz CT molecular complexity index is 517. The summed E-state index contributed by atoms with van der Waals surface area (Å²) in [5.41, 5.74) is 1.34. The van der Waals surface area contributed by atoms with Gasteiger partial charge in [0.05, 0.1) is 18.3 Å². The Morgan fingerprint density at radius 3 is 2.40 bits per heavy atom. The van der Waals surface area contributed by atoms with Crippen LogP contribution in [0.3, 0.4) is 0 Å². The second kappa shape index (κ2) is 8.60. The van der Waals surface area contributed by atoms with Crippen LogP contribution in [0.1, 0.15) is 25.5 Å². The summed E-state index contributed by atoms with van der Waals surface area (Å²) in [6.45, 7) is 10.6. The zero-order chi connectivity index (χ0) is 17.8. The average Bonchev–Trinajstić information content (AvgIpc) is 2.56. The number of rotatable bonds is 5. The summed E-state index contributed by atoms with van der Waals surface area (Å²) in [5.74, 6) is 0. The number of β-amino-alcohol motifs (C(OH)–C–C–N with tert-alkyl or cyclic N) is 1. The third-order valence-electron chi connectivity index (χ3n) is 5.29. The standard InChI is InChI=1S/C20H33N3O2/c1-16-11-22(12-17(2)25-16)13-19(24)14-23-10-9-21(3)15-20(23)18-7-5-4-6-8-18/h4-8,16-17,19-20,24H,9-15H2,1-3H3. The molecule has 2 aliphatic rings. The maximum absolute atomic E-state index is 10.7. The second-order valence-electron chi connectivity index (χ2n) is 7.81. The molecule has 0 aromatic heterocycles. The topological polar surface area (TPSA) is 39.2 Å². The van der Waals surface area contributed by atoms with Crippen molar-refractivity contribution >= 4 is 0 Å². The molecule has 0 aliphatic carbocycles. The summed E-state index contributed by atoms with van der Waals surface area (Å²) in [6, 6.07) is 11.0. The summed E-state index contributed by atoms with van der Waals surface area (Å²) >= 11 is 0. The number of hydrogen-bond donors (Lipinski definition) is 1. The molecule has 1 aromatic carbocycles. The van der Waals surface area contributed by atoms with Crippen molar-refractivity contribution in [1.29, 1.82) is 0 Å². The molecule has 2 heterocycles. The average molecular weight is 348 g/mol. The van der Waals surface area contributed by atoms with Crippen molar-refractivity contribution in [2.24, 2.45) is 0 Å². The molecule has 5 heteroatoms. The van der Waals surface area contributed by atoms with Crippen molar-refractivity contribution in [2.75, 3.05) is 52.9 Å². The molecule has 25 heavy (non-hydrogen) atoms. The van der Waals surface area contributed by atoms with Gasteiger partial charge >= 0.3 is 0 Å². The Labute approximate surface area is 152 Å². The zero-order valence-corrected chi connectivity index (χ0v) is 15.8. The van der Waals surface area contributed by atoms with Gasteiger partial charge < -0.3 is 14.7 Å². The molecule has 2 saturated heterocycles. The van der Waals surface area contributed by atoms with Gasteiger partial charge in [0.15, 0.2) is 0 Å². The Kier molecular flexibility index (Phi) is 6.47. The molecule has 2 fully saturated rings. The first-order valence-electron chi connectivity index (χ1n) is 9.54. The molecule has 5 nitrogen and oxygen atoms in total. The number of aliphatic hydroxyl groups excluding tert-OH is 1. The summed E-state index contributed by atoms with van der Waals surface area (Å²) in [4.78, 5) is 7.18. The number of aliphatic hydroxyl groups is 1. The molecule has 0 radical (unpaired) electrons. The van der Waals surface area contributed by atoms with Gasteiger partial charge in [0, 0.05) is 51.9 Å². The highest BCUT2D eigenvalue weighted by Crippen LogP contribution is 2.25. The zero-order valence-electron chi connectivity index (χ0n) is 15.8. The predicted octanol–water partition coefficient (Wildman–Crippen LogP) is 1.45. The fourth-order valence-electron chi connectivity index (χ4n) is 4.23. The number of likely N-dealkylation sites (N-methyl/N-ethyl adjacent to an activating group) is 1. The number of piperazine rings is 1. The minimum absolute atomic E-state index is 0.247. The summed E-state index contributed by atoms with van der Waals surface area (Å²) < 4.78 is 5.80. The molecule has 140 valence electrons. The Morgan fingerprint density at radius 1 is 1.04 bits per heavy atom. The molecular formula is C20H33N3O2. The maximum atomic E-state index is 10.7. The minimum Gasteiger partial charge on any atom is -0.390 e. The highest BCUT2D eigenvalue weighted by atomic mass is 16.5. The first kappa shape index (κ1) is 18.8. The van der Waals surface area contributed by atoms with E-state index in [-0.39, 0.29) is 18.3 Å². The lowest BCUT2D eigenvalue weighted by molar-refractivity contribution is -0.0795. The lowest BCUT2D eigenvalue weighted by atomic mass is 10.0. The molecule has 1 N–H and O–H groups in total. The van der Waals surface area contributed by atoms with Crippen LogP contribution in [-0.2, 0) is 4.74 Å². The van der Waals surface area contributed by atoms with Crippen LogP contribution >= 0.6 is 0 Å². The molecule has 0 saturated carbocycles. The third kappa shape index (κ3) is 5.25. The van der Waals surface area contributed by atoms with Gasteiger partial charge in [-0.15, -0.1) is 0 Å². The molecule has 1 aromatic rings. The van der Waals surface area contributed by atoms with Crippen molar-refractivity contribution < 1.29 is 9.84 Å². The van der Waals surface area contributed by atoms with Gasteiger partial charge in [-0.2, -0.15) is 0 Å². The smallest absolute Gasteiger partial charge is 0.0794 e. The summed E-state index contributed by atoms with van der Waals surface area (Å²) in [7, 11) is 2.18. The van der Waals surface area contributed by atoms with E-state index >= 15 is 0 Å². The van der Waals surface area contributed by atoms with Crippen molar-refractivity contribution in [2.45, 2.75) is 38.2 Å². The van der Waals surface area contributed by atoms with Crippen LogP contribution in [-0.4, -0.2) is 91.0 Å².